The van der Waals surface area contributed by atoms with Crippen LogP contribution in [0.5, 0.6) is 11.5 Å². The lowest BCUT2D eigenvalue weighted by Crippen LogP contribution is -2.32. The van der Waals surface area contributed by atoms with E-state index >= 15 is 0 Å². The smallest absolute Gasteiger partial charge is 0.277 e. The Hall–Kier alpha value is -3.08. The first kappa shape index (κ1) is 23.6. The molecule has 9 nitrogen and oxygen atoms in total. The van der Waals surface area contributed by atoms with Gasteiger partial charge in [0.1, 0.15) is 12.4 Å². The Morgan fingerprint density at radius 2 is 2.00 bits per heavy atom. The van der Waals surface area contributed by atoms with E-state index in [1.165, 1.54) is 19.2 Å². The number of nitrogens with zero attached hydrogens (tertiary/aromatic N) is 2. The number of methoxy groups -OCH3 is 1. The lowest BCUT2D eigenvalue weighted by atomic mass is 10.2. The van der Waals surface area contributed by atoms with E-state index in [9.17, 15) is 9.18 Å². The van der Waals surface area contributed by atoms with Crippen molar-refractivity contribution in [1.82, 2.24) is 20.9 Å². The maximum atomic E-state index is 14.0. The molecule has 1 heterocycles. The van der Waals surface area contributed by atoms with E-state index in [4.69, 9.17) is 38.4 Å². The van der Waals surface area contributed by atoms with Gasteiger partial charge < -0.3 is 25.8 Å². The molecule has 0 saturated heterocycles. The van der Waals surface area contributed by atoms with Crippen LogP contribution in [0.15, 0.2) is 35.0 Å². The van der Waals surface area contributed by atoms with Crippen LogP contribution in [-0.4, -0.2) is 36.4 Å². The molecule has 4 N–H and O–H groups in total. The van der Waals surface area contributed by atoms with Crippen molar-refractivity contribution in [3.63, 3.8) is 0 Å². The molecular formula is C20H20Cl2FN5O4. The molecule has 0 aliphatic carbocycles. The molecule has 0 unspecified atom stereocenters. The van der Waals surface area contributed by atoms with Gasteiger partial charge in [0.2, 0.25) is 11.5 Å². The summed E-state index contributed by atoms with van der Waals surface area (Å²) in [5.74, 6) is -0.235. The maximum Gasteiger partial charge on any atom is 0.277 e. The molecule has 2 aromatic carbocycles. The fraction of sp³-hybridized carbons (Fsp3) is 0.250. The fourth-order valence-corrected chi connectivity index (χ4v) is 3.17. The molecule has 0 aliphatic heterocycles. The van der Waals surface area contributed by atoms with Crippen molar-refractivity contribution in [2.24, 2.45) is 0 Å². The largest absolute Gasteiger partial charge is 0.493 e. The molecule has 170 valence electrons. The summed E-state index contributed by atoms with van der Waals surface area (Å²) < 4.78 is 29.4. The van der Waals surface area contributed by atoms with Crippen LogP contribution in [0.1, 0.15) is 21.6 Å². The Morgan fingerprint density at radius 1 is 1.19 bits per heavy atom. The number of nitrogens with one attached hydrogen (secondary N) is 2. The number of hydrogen-bond donors (Lipinski definition) is 3. The number of ether oxygens (including phenoxy) is 2. The number of amides is 1. The summed E-state index contributed by atoms with van der Waals surface area (Å²) in [5, 5.41) is 13.3. The number of benzene rings is 2. The average Bonchev–Trinajstić information content (AvgIpc) is 3.20. The number of aromatic nitrogens is 2. The predicted molar refractivity (Wildman–Crippen MR) is 116 cm³/mol. The summed E-state index contributed by atoms with van der Waals surface area (Å²) in [6.07, 6.45) is 0. The fourth-order valence-electron chi connectivity index (χ4n) is 2.73. The third kappa shape index (κ3) is 5.78. The summed E-state index contributed by atoms with van der Waals surface area (Å²) in [4.78, 5) is 11.9. The summed E-state index contributed by atoms with van der Waals surface area (Å²) in [7, 11) is 1.49. The summed E-state index contributed by atoms with van der Waals surface area (Å²) in [6.45, 7) is 1.07. The molecule has 0 saturated carbocycles. The minimum absolute atomic E-state index is 0.0648. The van der Waals surface area contributed by atoms with Crippen molar-refractivity contribution in [2.45, 2.75) is 13.2 Å². The summed E-state index contributed by atoms with van der Waals surface area (Å²) in [6, 6.07) is 7.72. The Labute approximate surface area is 192 Å². The third-order valence-corrected chi connectivity index (χ3v) is 5.10. The third-order valence-electron chi connectivity index (χ3n) is 4.40. The Morgan fingerprint density at radius 3 is 2.69 bits per heavy atom. The van der Waals surface area contributed by atoms with Crippen LogP contribution in [-0.2, 0) is 13.2 Å². The van der Waals surface area contributed by atoms with Crippen LogP contribution in [0.3, 0.4) is 0 Å². The van der Waals surface area contributed by atoms with Crippen LogP contribution in [0.2, 0.25) is 10.0 Å². The topological polar surface area (TPSA) is 125 Å². The average molecular weight is 484 g/mol. The summed E-state index contributed by atoms with van der Waals surface area (Å²) >= 11 is 12.4. The van der Waals surface area contributed by atoms with Crippen molar-refractivity contribution >= 4 is 34.9 Å². The zero-order chi connectivity index (χ0) is 23.1. The molecule has 3 aromatic rings. The molecule has 12 heteroatoms. The second kappa shape index (κ2) is 11.0. The van der Waals surface area contributed by atoms with Crippen molar-refractivity contribution in [3.05, 3.63) is 63.0 Å². The van der Waals surface area contributed by atoms with Crippen LogP contribution in [0.25, 0.3) is 0 Å². The molecular weight excluding hydrogens is 464 g/mol. The van der Waals surface area contributed by atoms with Crippen molar-refractivity contribution in [2.75, 3.05) is 25.9 Å². The minimum atomic E-state index is -0.485. The van der Waals surface area contributed by atoms with E-state index in [2.05, 4.69) is 25.6 Å². The lowest BCUT2D eigenvalue weighted by molar-refractivity contribution is 0.0944. The number of nitrogen functional groups attached to an aromatic ring is 1. The van der Waals surface area contributed by atoms with Crippen molar-refractivity contribution in [1.29, 1.82) is 0 Å². The van der Waals surface area contributed by atoms with E-state index in [0.29, 0.717) is 36.2 Å². The zero-order valence-electron chi connectivity index (χ0n) is 17.0. The highest BCUT2D eigenvalue weighted by Gasteiger charge is 2.16. The minimum Gasteiger partial charge on any atom is -0.493 e. The van der Waals surface area contributed by atoms with Crippen LogP contribution in [0, 0.1) is 5.82 Å². The number of carbonyl (C=O) groups excluding carboxylic acids is 1. The second-order valence-corrected chi connectivity index (χ2v) is 7.33. The van der Waals surface area contributed by atoms with E-state index in [1.54, 1.807) is 18.2 Å². The molecule has 0 bridgehead atoms. The highest BCUT2D eigenvalue weighted by molar-refractivity contribution is 6.31. The van der Waals surface area contributed by atoms with Crippen molar-refractivity contribution < 1.29 is 23.3 Å². The van der Waals surface area contributed by atoms with Gasteiger partial charge in [-0.05, 0) is 34.1 Å². The van der Waals surface area contributed by atoms with Gasteiger partial charge in [0, 0.05) is 36.3 Å². The first-order valence-corrected chi connectivity index (χ1v) is 10.1. The van der Waals surface area contributed by atoms with E-state index in [1.807, 2.05) is 0 Å². The molecule has 0 radical (unpaired) electrons. The van der Waals surface area contributed by atoms with Gasteiger partial charge in [-0.25, -0.2) is 9.02 Å². The second-order valence-electron chi connectivity index (χ2n) is 6.51. The highest BCUT2D eigenvalue weighted by atomic mass is 35.5. The number of rotatable bonds is 10. The summed E-state index contributed by atoms with van der Waals surface area (Å²) in [5.41, 5.74) is 6.39. The molecule has 1 amide bonds. The molecule has 1 aromatic heterocycles. The highest BCUT2D eigenvalue weighted by Crippen LogP contribution is 2.34. The number of hydrogen-bond acceptors (Lipinski definition) is 8. The lowest BCUT2D eigenvalue weighted by Gasteiger charge is -2.15. The van der Waals surface area contributed by atoms with Gasteiger partial charge in [-0.2, -0.15) is 0 Å². The normalized spacial score (nSPS) is 10.8. The number of halogens is 3. The predicted octanol–water partition coefficient (Wildman–Crippen LogP) is 3.20. The van der Waals surface area contributed by atoms with Gasteiger partial charge >= 0.3 is 0 Å². The molecule has 3 rings (SSSR count). The molecule has 0 fully saturated rings. The van der Waals surface area contributed by atoms with Gasteiger partial charge in [-0.3, -0.25) is 4.79 Å². The standard InChI is InChI=1S/C20H20Cl2FN5O4/c1-30-16-7-11(9-25-5-6-26-20(29)18-19(24)28-32-27-18)14(22)8-17(16)31-10-12-13(21)3-2-4-15(12)23/h2-4,7-8,25H,5-6,9-10H2,1H3,(H2,24,28)(H,26,29). The van der Waals surface area contributed by atoms with Gasteiger partial charge in [0.25, 0.3) is 5.91 Å². The van der Waals surface area contributed by atoms with Gasteiger partial charge in [-0.15, -0.1) is 0 Å². The van der Waals surface area contributed by atoms with Crippen LogP contribution >= 0.6 is 23.2 Å². The Kier molecular flexibility index (Phi) is 8.09. The first-order chi connectivity index (χ1) is 15.4. The number of carbonyl (C=O) groups is 1. The Bertz CT molecular complexity index is 1080. The van der Waals surface area contributed by atoms with E-state index < -0.39 is 11.7 Å². The van der Waals surface area contributed by atoms with Crippen LogP contribution in [0.4, 0.5) is 10.2 Å². The van der Waals surface area contributed by atoms with E-state index in [-0.39, 0.29) is 28.7 Å². The Balaban J connectivity index is 1.54. The monoisotopic (exact) mass is 483 g/mol. The maximum absolute atomic E-state index is 14.0. The SMILES string of the molecule is COc1cc(CNCCNC(=O)c2nonc2N)c(Cl)cc1OCc1c(F)cccc1Cl. The zero-order valence-corrected chi connectivity index (χ0v) is 18.5. The molecule has 0 spiro atoms. The van der Waals surface area contributed by atoms with Gasteiger partial charge in [0.05, 0.1) is 12.1 Å². The van der Waals surface area contributed by atoms with Crippen LogP contribution < -0.4 is 25.8 Å². The number of anilines is 1. The molecule has 0 aliphatic rings. The first-order valence-electron chi connectivity index (χ1n) is 9.39. The number of nitrogens with two attached hydrogens (primary N) is 1. The molecule has 32 heavy (non-hydrogen) atoms. The van der Waals surface area contributed by atoms with Gasteiger partial charge in [0.15, 0.2) is 11.5 Å². The van der Waals surface area contributed by atoms with Crippen molar-refractivity contribution in [3.8, 4) is 11.5 Å². The van der Waals surface area contributed by atoms with E-state index in [0.717, 1.165) is 5.56 Å². The molecule has 0 atom stereocenters. The quantitative estimate of drug-likeness (QED) is 0.375. The van der Waals surface area contributed by atoms with Gasteiger partial charge in [-0.1, -0.05) is 29.3 Å².